The van der Waals surface area contributed by atoms with Crippen LogP contribution in [0.2, 0.25) is 0 Å². The van der Waals surface area contributed by atoms with Crippen molar-refractivity contribution >= 4 is 11.9 Å². The fourth-order valence-electron chi connectivity index (χ4n) is 1.67. The molecule has 1 atom stereocenters. The summed E-state index contributed by atoms with van der Waals surface area (Å²) in [6, 6.07) is 0. The van der Waals surface area contributed by atoms with E-state index in [1.807, 2.05) is 0 Å². The van der Waals surface area contributed by atoms with Gasteiger partial charge in [0.05, 0.1) is 11.8 Å². The predicted octanol–water partition coefficient (Wildman–Crippen LogP) is -0.0845. The average Bonchev–Trinajstić information content (AvgIpc) is 2.04. The van der Waals surface area contributed by atoms with Gasteiger partial charge in [-0.25, -0.2) is 0 Å². The lowest BCUT2D eigenvalue weighted by molar-refractivity contribution is -0.156. The zero-order chi connectivity index (χ0) is 9.90. The Morgan fingerprint density at radius 2 is 2.08 bits per heavy atom. The molecule has 1 fully saturated rings. The van der Waals surface area contributed by atoms with E-state index in [1.54, 1.807) is 0 Å². The zero-order valence-corrected chi connectivity index (χ0v) is 7.25. The van der Waals surface area contributed by atoms with Gasteiger partial charge in [-0.2, -0.15) is 0 Å². The van der Waals surface area contributed by atoms with Crippen LogP contribution in [-0.4, -0.2) is 35.2 Å². The molecule has 3 N–H and O–H groups in total. The standard InChI is InChI=1S/C8H13NO4/c10-6(11)4-8(7(12)13)2-1-3-9-5-8/h9H,1-5H2,(H,10,11)(H,12,13). The summed E-state index contributed by atoms with van der Waals surface area (Å²) >= 11 is 0. The number of nitrogens with one attached hydrogen (secondary N) is 1. The molecule has 13 heavy (non-hydrogen) atoms. The maximum atomic E-state index is 10.9. The van der Waals surface area contributed by atoms with E-state index in [0.717, 1.165) is 13.0 Å². The molecule has 1 unspecified atom stereocenters. The Hall–Kier alpha value is -1.10. The topological polar surface area (TPSA) is 86.6 Å². The number of piperidine rings is 1. The lowest BCUT2D eigenvalue weighted by atomic mass is 9.78. The van der Waals surface area contributed by atoms with Crippen LogP contribution >= 0.6 is 0 Å². The van der Waals surface area contributed by atoms with Gasteiger partial charge in [0.2, 0.25) is 0 Å². The number of carboxylic acids is 2. The third-order valence-corrected chi connectivity index (χ3v) is 2.42. The first-order valence-electron chi connectivity index (χ1n) is 4.23. The number of hydrogen-bond donors (Lipinski definition) is 3. The van der Waals surface area contributed by atoms with E-state index < -0.39 is 17.4 Å². The molecule has 0 aromatic rings. The summed E-state index contributed by atoms with van der Waals surface area (Å²) in [5.41, 5.74) is -1.09. The monoisotopic (exact) mass is 187 g/mol. The minimum atomic E-state index is -1.09. The number of carbonyl (C=O) groups is 2. The quantitative estimate of drug-likeness (QED) is 0.575. The molecule has 1 rings (SSSR count). The van der Waals surface area contributed by atoms with Gasteiger partial charge in [-0.1, -0.05) is 0 Å². The Balaban J connectivity index is 2.73. The molecule has 0 aliphatic carbocycles. The van der Waals surface area contributed by atoms with E-state index >= 15 is 0 Å². The molecular weight excluding hydrogens is 174 g/mol. The van der Waals surface area contributed by atoms with Crippen molar-refractivity contribution in [3.8, 4) is 0 Å². The lowest BCUT2D eigenvalue weighted by Crippen LogP contribution is -2.46. The summed E-state index contributed by atoms with van der Waals surface area (Å²) in [4.78, 5) is 21.4. The van der Waals surface area contributed by atoms with Gasteiger partial charge in [-0.3, -0.25) is 9.59 Å². The van der Waals surface area contributed by atoms with Gasteiger partial charge < -0.3 is 15.5 Å². The third-order valence-electron chi connectivity index (χ3n) is 2.42. The molecule has 0 saturated carbocycles. The summed E-state index contributed by atoms with van der Waals surface area (Å²) in [6.45, 7) is 1.03. The third kappa shape index (κ3) is 2.18. The Morgan fingerprint density at radius 1 is 1.38 bits per heavy atom. The van der Waals surface area contributed by atoms with Crippen LogP contribution < -0.4 is 5.32 Å². The second-order valence-corrected chi connectivity index (χ2v) is 3.44. The number of carboxylic acid groups (broad SMARTS) is 2. The predicted molar refractivity (Wildman–Crippen MR) is 44.4 cm³/mol. The van der Waals surface area contributed by atoms with Crippen molar-refractivity contribution in [1.82, 2.24) is 5.32 Å². The van der Waals surface area contributed by atoms with Crippen molar-refractivity contribution in [1.29, 1.82) is 0 Å². The molecule has 74 valence electrons. The Labute approximate surface area is 75.7 Å². The SMILES string of the molecule is O=C(O)CC1(C(=O)O)CCCNC1. The summed E-state index contributed by atoms with van der Waals surface area (Å²) in [7, 11) is 0. The van der Waals surface area contributed by atoms with Gasteiger partial charge in [0.25, 0.3) is 0 Å². The van der Waals surface area contributed by atoms with E-state index in [-0.39, 0.29) is 13.0 Å². The van der Waals surface area contributed by atoms with Crippen LogP contribution in [0.1, 0.15) is 19.3 Å². The molecule has 0 bridgehead atoms. The maximum Gasteiger partial charge on any atom is 0.311 e. The van der Waals surface area contributed by atoms with E-state index in [1.165, 1.54) is 0 Å². The van der Waals surface area contributed by atoms with Crippen LogP contribution in [0.3, 0.4) is 0 Å². The van der Waals surface area contributed by atoms with Crippen molar-refractivity contribution in [2.75, 3.05) is 13.1 Å². The van der Waals surface area contributed by atoms with Gasteiger partial charge in [0, 0.05) is 6.54 Å². The van der Waals surface area contributed by atoms with E-state index in [4.69, 9.17) is 10.2 Å². The van der Waals surface area contributed by atoms with Crippen LogP contribution in [0.15, 0.2) is 0 Å². The first kappa shape index (κ1) is 9.98. The van der Waals surface area contributed by atoms with Crippen molar-refractivity contribution in [3.05, 3.63) is 0 Å². The van der Waals surface area contributed by atoms with Gasteiger partial charge in [-0.15, -0.1) is 0 Å². The number of rotatable bonds is 3. The molecule has 0 aromatic heterocycles. The molecule has 1 heterocycles. The maximum absolute atomic E-state index is 10.9. The van der Waals surface area contributed by atoms with Crippen molar-refractivity contribution in [2.45, 2.75) is 19.3 Å². The molecular formula is C8H13NO4. The van der Waals surface area contributed by atoms with E-state index in [0.29, 0.717) is 6.42 Å². The Morgan fingerprint density at radius 3 is 2.46 bits per heavy atom. The van der Waals surface area contributed by atoms with Crippen molar-refractivity contribution in [3.63, 3.8) is 0 Å². The van der Waals surface area contributed by atoms with Crippen LogP contribution in [-0.2, 0) is 9.59 Å². The summed E-state index contributed by atoms with van der Waals surface area (Å²) in [5.74, 6) is -2.06. The molecule has 5 nitrogen and oxygen atoms in total. The fourth-order valence-corrected chi connectivity index (χ4v) is 1.67. The Kier molecular flexibility index (Phi) is 2.87. The van der Waals surface area contributed by atoms with Gasteiger partial charge in [0.15, 0.2) is 0 Å². The van der Waals surface area contributed by atoms with E-state index in [2.05, 4.69) is 5.32 Å². The molecule has 0 amide bonds. The molecule has 0 aromatic carbocycles. The van der Waals surface area contributed by atoms with Crippen LogP contribution in [0.25, 0.3) is 0 Å². The second-order valence-electron chi connectivity index (χ2n) is 3.44. The highest BCUT2D eigenvalue weighted by Crippen LogP contribution is 2.30. The summed E-state index contributed by atoms with van der Waals surface area (Å²) in [5, 5.41) is 20.4. The molecule has 1 aliphatic heterocycles. The van der Waals surface area contributed by atoms with Gasteiger partial charge in [0.1, 0.15) is 0 Å². The lowest BCUT2D eigenvalue weighted by Gasteiger charge is -2.32. The minimum Gasteiger partial charge on any atom is -0.481 e. The van der Waals surface area contributed by atoms with Gasteiger partial charge >= 0.3 is 11.9 Å². The van der Waals surface area contributed by atoms with Gasteiger partial charge in [-0.05, 0) is 19.4 Å². The first-order valence-corrected chi connectivity index (χ1v) is 4.23. The molecule has 0 spiro atoms. The molecule has 0 radical (unpaired) electrons. The zero-order valence-electron chi connectivity index (χ0n) is 7.25. The number of hydrogen-bond acceptors (Lipinski definition) is 3. The smallest absolute Gasteiger partial charge is 0.311 e. The largest absolute Gasteiger partial charge is 0.481 e. The van der Waals surface area contributed by atoms with E-state index in [9.17, 15) is 9.59 Å². The fraction of sp³-hybridized carbons (Fsp3) is 0.750. The normalized spacial score (nSPS) is 28.3. The minimum absolute atomic E-state index is 0.259. The highest BCUT2D eigenvalue weighted by Gasteiger charge is 2.41. The summed E-state index contributed by atoms with van der Waals surface area (Å²) in [6.07, 6.45) is 0.872. The van der Waals surface area contributed by atoms with Crippen molar-refractivity contribution < 1.29 is 19.8 Å². The highest BCUT2D eigenvalue weighted by atomic mass is 16.4. The first-order chi connectivity index (χ1) is 6.07. The molecule has 1 aliphatic rings. The summed E-state index contributed by atoms with van der Waals surface area (Å²) < 4.78 is 0. The highest BCUT2D eigenvalue weighted by molar-refractivity contribution is 5.81. The van der Waals surface area contributed by atoms with Crippen LogP contribution in [0.5, 0.6) is 0 Å². The molecule has 1 saturated heterocycles. The Bertz CT molecular complexity index is 220. The van der Waals surface area contributed by atoms with Crippen LogP contribution in [0.4, 0.5) is 0 Å². The molecule has 5 heteroatoms. The average molecular weight is 187 g/mol. The number of aliphatic carboxylic acids is 2. The second kappa shape index (κ2) is 3.74. The van der Waals surface area contributed by atoms with Crippen molar-refractivity contribution in [2.24, 2.45) is 5.41 Å². The van der Waals surface area contributed by atoms with Crippen LogP contribution in [0, 0.1) is 5.41 Å².